The highest BCUT2D eigenvalue weighted by molar-refractivity contribution is 7.86. The van der Waals surface area contributed by atoms with Crippen molar-refractivity contribution in [2.24, 2.45) is 5.16 Å². The van der Waals surface area contributed by atoms with Crippen LogP contribution < -0.4 is 49.6 Å². The van der Waals surface area contributed by atoms with Crippen molar-refractivity contribution in [3.63, 3.8) is 0 Å². The Morgan fingerprint density at radius 2 is 2.02 bits per heavy atom. The Hall–Kier alpha value is -4.54. The summed E-state index contributed by atoms with van der Waals surface area (Å²) in [5, 5.41) is 10.5. The number of rotatable bonds is 12. The molecule has 3 amide bonds. The van der Waals surface area contributed by atoms with Crippen LogP contribution >= 0.6 is 22.9 Å². The van der Waals surface area contributed by atoms with Gasteiger partial charge >= 0.3 is 5.97 Å². The average molecular weight is 839 g/mol. The fourth-order valence-electron chi connectivity index (χ4n) is 5.27. The van der Waals surface area contributed by atoms with Gasteiger partial charge in [0.25, 0.3) is 16.6 Å². The second-order valence-electron chi connectivity index (χ2n) is 10.3. The van der Waals surface area contributed by atoms with Crippen LogP contribution in [0.1, 0.15) is 11.4 Å². The number of carbonyl (C=O) groups is 4. The third-order valence-corrected chi connectivity index (χ3v) is 10.7. The lowest BCUT2D eigenvalue weighted by Gasteiger charge is -2.48. The largest absolute Gasteiger partial charge is 1.00 e. The number of fused-ring (bicyclic) bond motifs is 2. The quantitative estimate of drug-likeness (QED) is 0.0262. The molecule has 6 rings (SSSR count). The van der Waals surface area contributed by atoms with Crippen molar-refractivity contribution in [2.75, 3.05) is 31.0 Å². The first kappa shape index (κ1) is 35.8. The van der Waals surface area contributed by atoms with Crippen molar-refractivity contribution in [1.82, 2.24) is 19.6 Å². The fraction of sp³-hybridized carbons (Fsp3) is 0.241. The van der Waals surface area contributed by atoms with Crippen molar-refractivity contribution >= 4 is 84.6 Å². The number of nitrogens with one attached hydrogen (secondary N) is 2. The van der Waals surface area contributed by atoms with Gasteiger partial charge in [0.1, 0.15) is 36.6 Å². The molecule has 2 aliphatic heterocycles. The van der Waals surface area contributed by atoms with Gasteiger partial charge < -0.3 is 54.7 Å². The number of β-lactam (4-membered cyclic amide) rings is 1. The van der Waals surface area contributed by atoms with Crippen molar-refractivity contribution in [2.45, 2.75) is 24.6 Å². The smallest absolute Gasteiger partial charge is 0.355 e. The second-order valence-corrected chi connectivity index (χ2v) is 13.5. The van der Waals surface area contributed by atoms with Gasteiger partial charge in [-0.25, -0.2) is 4.79 Å². The number of benzene rings is 1. The molecule has 4 N–H and O–H groups in total. The van der Waals surface area contributed by atoms with E-state index in [1.54, 1.807) is 41.9 Å². The summed E-state index contributed by atoms with van der Waals surface area (Å²) in [7, 11) is 1.01. The van der Waals surface area contributed by atoms with E-state index in [0.717, 1.165) is 26.6 Å². The minimum Gasteiger partial charge on any atom is -1.00 e. The van der Waals surface area contributed by atoms with Crippen molar-refractivity contribution in [3.05, 3.63) is 70.6 Å². The molecule has 0 saturated carbocycles. The summed E-state index contributed by atoms with van der Waals surface area (Å²) in [5.41, 5.74) is 6.94. The van der Waals surface area contributed by atoms with Gasteiger partial charge in [0, 0.05) is 28.6 Å². The number of pyridine rings is 1. The van der Waals surface area contributed by atoms with Gasteiger partial charge in [0.15, 0.2) is 17.9 Å². The van der Waals surface area contributed by atoms with Crippen LogP contribution in [0.2, 0.25) is 0 Å². The summed E-state index contributed by atoms with van der Waals surface area (Å²) in [6.07, 6.45) is 2.36. The molecule has 1 aromatic carbocycles. The maximum absolute atomic E-state index is 13.8. The van der Waals surface area contributed by atoms with Gasteiger partial charge in [-0.15, -0.1) is 0 Å². The monoisotopic (exact) mass is 838 g/mol. The standard InChI is InChI=1S/C29H26N8O8S3.HI/c1-43-17-7-5-15(6-8-17)11-45-28(41)22-16(10-36-9-3-4-18-19(31-14-38)12-46-26(18)36)13-48(42)27-21(25(40)37(22)27)32-24(39)20(34-44-2)23-33-29(30)47-35-23;/h3-9,12,14,21,27H,10-11,13H2,1-2H3,(H3-,30,31,32,33,35,38,39);1H/b34-20-;/t21?,27-,48?;/m1./s1. The van der Waals surface area contributed by atoms with E-state index in [1.165, 1.54) is 25.6 Å². The maximum atomic E-state index is 13.8. The third-order valence-electron chi connectivity index (χ3n) is 7.44. The Morgan fingerprint density at radius 3 is 2.69 bits per heavy atom. The van der Waals surface area contributed by atoms with E-state index in [9.17, 15) is 23.4 Å². The molecule has 0 bridgehead atoms. The number of amides is 3. The number of anilines is 2. The summed E-state index contributed by atoms with van der Waals surface area (Å²) < 4.78 is 30.4. The lowest BCUT2D eigenvalue weighted by molar-refractivity contribution is -0.661. The molecule has 0 radical (unpaired) electrons. The van der Waals surface area contributed by atoms with Crippen LogP contribution in [-0.2, 0) is 52.7 Å². The second kappa shape index (κ2) is 15.3. The van der Waals surface area contributed by atoms with Crippen LogP contribution in [0, 0.1) is 0 Å². The maximum Gasteiger partial charge on any atom is 0.355 e. The number of esters is 1. The summed E-state index contributed by atoms with van der Waals surface area (Å²) in [5.74, 6) is -1.90. The molecule has 20 heteroatoms. The zero-order valence-corrected chi connectivity index (χ0v) is 30.3. The van der Waals surface area contributed by atoms with Crippen LogP contribution in [0.4, 0.5) is 10.8 Å². The van der Waals surface area contributed by atoms with Gasteiger partial charge in [0.05, 0.1) is 34.7 Å². The molecule has 256 valence electrons. The molecule has 1 saturated heterocycles. The SMILES string of the molecule is CO/N=C(\C(=O)NC1C(=O)N2C(C(=O)OCc3ccc(OC)cc3)=C(C[n+]3cccc4c(NC=O)csc43)CS(=O)[C@H]12)c1nsc(N)n1.[I-]. The fourth-order valence-corrected chi connectivity index (χ4v) is 8.37. The molecule has 49 heavy (non-hydrogen) atoms. The summed E-state index contributed by atoms with van der Waals surface area (Å²) >= 11 is 2.21. The molecule has 2 unspecified atom stereocenters. The van der Waals surface area contributed by atoms with Crippen LogP contribution in [0.25, 0.3) is 10.2 Å². The molecule has 5 heterocycles. The Morgan fingerprint density at radius 1 is 1.24 bits per heavy atom. The number of hydrogen-bond acceptors (Lipinski definition) is 14. The molecule has 0 spiro atoms. The average Bonchev–Trinajstić information content (AvgIpc) is 3.71. The van der Waals surface area contributed by atoms with E-state index >= 15 is 0 Å². The minimum atomic E-state index is -1.75. The molecule has 3 aromatic heterocycles. The van der Waals surface area contributed by atoms with E-state index in [4.69, 9.17) is 20.0 Å². The molecular weight excluding hydrogens is 811 g/mol. The van der Waals surface area contributed by atoms with E-state index in [0.29, 0.717) is 29.0 Å². The van der Waals surface area contributed by atoms with Gasteiger partial charge in [-0.1, -0.05) is 28.6 Å². The predicted molar refractivity (Wildman–Crippen MR) is 175 cm³/mol. The number of carbonyl (C=O) groups excluding carboxylic acids is 4. The number of oxime groups is 1. The summed E-state index contributed by atoms with van der Waals surface area (Å²) in [6, 6.07) is 9.29. The van der Waals surface area contributed by atoms with Crippen LogP contribution in [0.5, 0.6) is 5.75 Å². The minimum absolute atomic E-state index is 0. The van der Waals surface area contributed by atoms with Crippen molar-refractivity contribution < 1.29 is 66.2 Å². The molecule has 0 aliphatic carbocycles. The summed E-state index contributed by atoms with van der Waals surface area (Å²) in [6.45, 7) is -0.0171. The molecule has 3 atom stereocenters. The van der Waals surface area contributed by atoms with Crippen molar-refractivity contribution in [1.29, 1.82) is 0 Å². The Labute approximate surface area is 305 Å². The first-order valence-electron chi connectivity index (χ1n) is 14.1. The van der Waals surface area contributed by atoms with E-state index in [1.807, 2.05) is 10.6 Å². The Kier molecular flexibility index (Phi) is 11.2. The number of ether oxygens (including phenoxy) is 2. The number of aromatic nitrogens is 3. The van der Waals surface area contributed by atoms with Gasteiger partial charge in [0.2, 0.25) is 17.9 Å². The molecule has 2 aliphatic rings. The number of halogens is 1. The Bertz CT molecular complexity index is 2020. The van der Waals surface area contributed by atoms with Crippen LogP contribution in [0.15, 0.2) is 64.4 Å². The first-order valence-corrected chi connectivity index (χ1v) is 17.1. The number of nitrogens with zero attached hydrogens (tertiary/aromatic N) is 5. The molecular formula is C29H27IN8O8S3. The highest BCUT2D eigenvalue weighted by Crippen LogP contribution is 2.36. The zero-order chi connectivity index (χ0) is 33.9. The van der Waals surface area contributed by atoms with Crippen molar-refractivity contribution in [3.8, 4) is 5.75 Å². The van der Waals surface area contributed by atoms with Crippen LogP contribution in [-0.4, -0.2) is 79.8 Å². The van der Waals surface area contributed by atoms with Gasteiger partial charge in [-0.2, -0.15) is 13.9 Å². The lowest BCUT2D eigenvalue weighted by atomic mass is 10.0. The van der Waals surface area contributed by atoms with E-state index < -0.39 is 40.0 Å². The Balaban J connectivity index is 0.00000468. The van der Waals surface area contributed by atoms with Crippen LogP contribution in [0.3, 0.4) is 0 Å². The summed E-state index contributed by atoms with van der Waals surface area (Å²) in [4.78, 5) is 62.4. The van der Waals surface area contributed by atoms with Gasteiger partial charge in [-0.3, -0.25) is 23.5 Å². The zero-order valence-electron chi connectivity index (χ0n) is 25.7. The molecule has 4 aromatic rings. The first-order chi connectivity index (χ1) is 23.2. The topological polar surface area (TPSA) is 208 Å². The predicted octanol–water partition coefficient (Wildman–Crippen LogP) is -2.33. The number of nitrogens with two attached hydrogens (primary N) is 1. The van der Waals surface area contributed by atoms with E-state index in [2.05, 4.69) is 25.1 Å². The molecule has 16 nitrogen and oxygen atoms in total. The number of methoxy groups -OCH3 is 1. The molecule has 1 fully saturated rings. The third kappa shape index (κ3) is 7.12. The highest BCUT2D eigenvalue weighted by atomic mass is 127. The number of thiophene rings is 1. The number of nitrogen functional groups attached to an aromatic ring is 1. The van der Waals surface area contributed by atoms with Gasteiger partial charge in [-0.05, 0) is 23.8 Å². The lowest BCUT2D eigenvalue weighted by Crippen LogP contribution is -3.00. The highest BCUT2D eigenvalue weighted by Gasteiger charge is 2.58. The normalized spacial score (nSPS) is 18.6. The number of hydrogen-bond donors (Lipinski definition) is 3. The van der Waals surface area contributed by atoms with E-state index in [-0.39, 0.29) is 65.2 Å².